The summed E-state index contributed by atoms with van der Waals surface area (Å²) in [4.78, 5) is 0. The van der Waals surface area contributed by atoms with Crippen LogP contribution in [0.1, 0.15) is 5.56 Å². The zero-order valence-electron chi connectivity index (χ0n) is 9.98. The minimum Gasteiger partial charge on any atom is -0.0984 e. The second-order valence-corrected chi connectivity index (χ2v) is 3.93. The van der Waals surface area contributed by atoms with Gasteiger partial charge in [-0.1, -0.05) is 67.3 Å². The third-order valence-corrected chi connectivity index (χ3v) is 3.04. The summed E-state index contributed by atoms with van der Waals surface area (Å²) in [7, 11) is 0. The van der Waals surface area contributed by atoms with Gasteiger partial charge in [-0.15, -0.1) is 0 Å². The molecule has 0 saturated heterocycles. The maximum atomic E-state index is 3.86. The molecule has 0 aliphatic heterocycles. The molecule has 0 aliphatic rings. The minimum atomic E-state index is 0. The zero-order chi connectivity index (χ0) is 11.0. The molecule has 77 valence electrons. The van der Waals surface area contributed by atoms with E-state index in [9.17, 15) is 0 Å². The van der Waals surface area contributed by atoms with E-state index < -0.39 is 0 Å². The molecule has 0 aromatic heterocycles. The standard InChI is InChI=1S/C16H12.Na/c1-2-12-7-5-9-16-14-8-4-3-6-13(14)10-11-15(12)16;/h2-11H,1H2;. The second-order valence-electron chi connectivity index (χ2n) is 3.93. The van der Waals surface area contributed by atoms with Crippen LogP contribution in [0.25, 0.3) is 27.6 Å². The van der Waals surface area contributed by atoms with Crippen LogP contribution in [-0.4, -0.2) is 29.6 Å². The molecule has 3 aromatic rings. The average molecular weight is 227 g/mol. The first-order chi connectivity index (χ1) is 7.90. The van der Waals surface area contributed by atoms with Gasteiger partial charge in [-0.25, -0.2) is 0 Å². The number of hydrogen-bond acceptors (Lipinski definition) is 0. The number of rotatable bonds is 1. The van der Waals surface area contributed by atoms with Crippen molar-refractivity contribution in [2.45, 2.75) is 0 Å². The van der Waals surface area contributed by atoms with Gasteiger partial charge in [0.1, 0.15) is 0 Å². The molecule has 0 saturated carbocycles. The number of benzene rings is 3. The molecule has 0 bridgehead atoms. The van der Waals surface area contributed by atoms with Gasteiger partial charge in [0.05, 0.1) is 0 Å². The predicted molar refractivity (Wildman–Crippen MR) is 77.3 cm³/mol. The Labute approximate surface area is 123 Å². The van der Waals surface area contributed by atoms with Crippen molar-refractivity contribution in [2.24, 2.45) is 0 Å². The van der Waals surface area contributed by atoms with Gasteiger partial charge in [0.2, 0.25) is 0 Å². The molecule has 1 radical (unpaired) electrons. The Morgan fingerprint density at radius 1 is 0.706 bits per heavy atom. The normalized spacial score (nSPS) is 10.1. The van der Waals surface area contributed by atoms with E-state index in [1.54, 1.807) is 0 Å². The Kier molecular flexibility index (Phi) is 3.68. The average Bonchev–Trinajstić information content (AvgIpc) is 2.37. The number of hydrogen-bond donors (Lipinski definition) is 0. The fraction of sp³-hybridized carbons (Fsp3) is 0. The topological polar surface area (TPSA) is 0 Å². The Hall–Kier alpha value is -1.08. The smallest absolute Gasteiger partial charge is 0 e. The molecule has 0 N–H and O–H groups in total. The third kappa shape index (κ3) is 2.04. The molecular weight excluding hydrogens is 215 g/mol. The van der Waals surface area contributed by atoms with Crippen LogP contribution >= 0.6 is 0 Å². The van der Waals surface area contributed by atoms with Crippen LogP contribution < -0.4 is 0 Å². The van der Waals surface area contributed by atoms with Crippen LogP contribution in [-0.2, 0) is 0 Å². The first-order valence-corrected chi connectivity index (χ1v) is 5.43. The first-order valence-electron chi connectivity index (χ1n) is 5.43. The van der Waals surface area contributed by atoms with Crippen molar-refractivity contribution >= 4 is 57.2 Å². The van der Waals surface area contributed by atoms with Crippen molar-refractivity contribution in [3.63, 3.8) is 0 Å². The molecule has 0 heterocycles. The van der Waals surface area contributed by atoms with E-state index in [1.165, 1.54) is 27.1 Å². The van der Waals surface area contributed by atoms with Crippen molar-refractivity contribution in [3.8, 4) is 0 Å². The van der Waals surface area contributed by atoms with Gasteiger partial charge in [-0.2, -0.15) is 0 Å². The molecular formula is C16H12Na. The maximum absolute atomic E-state index is 3.86. The Bertz CT molecular complexity index is 683. The Balaban J connectivity index is 0.00000108. The van der Waals surface area contributed by atoms with Crippen LogP contribution in [0, 0.1) is 0 Å². The van der Waals surface area contributed by atoms with E-state index in [1.807, 2.05) is 6.08 Å². The van der Waals surface area contributed by atoms with E-state index in [-0.39, 0.29) is 29.6 Å². The SMILES string of the molecule is C=Cc1cccc2c1ccc1ccccc12.[Na]. The second kappa shape index (κ2) is 5.05. The maximum Gasteiger partial charge on any atom is 0 e. The van der Waals surface area contributed by atoms with E-state index in [0.29, 0.717) is 0 Å². The molecule has 0 fully saturated rings. The molecule has 0 spiro atoms. The van der Waals surface area contributed by atoms with E-state index >= 15 is 0 Å². The van der Waals surface area contributed by atoms with Gasteiger partial charge >= 0.3 is 0 Å². The van der Waals surface area contributed by atoms with E-state index in [2.05, 4.69) is 61.2 Å². The van der Waals surface area contributed by atoms with Gasteiger partial charge in [0.25, 0.3) is 0 Å². The van der Waals surface area contributed by atoms with E-state index in [4.69, 9.17) is 0 Å². The van der Waals surface area contributed by atoms with Crippen molar-refractivity contribution in [2.75, 3.05) is 0 Å². The van der Waals surface area contributed by atoms with Crippen molar-refractivity contribution in [1.29, 1.82) is 0 Å². The largest absolute Gasteiger partial charge is 0.0984 e. The van der Waals surface area contributed by atoms with Crippen LogP contribution in [0.3, 0.4) is 0 Å². The molecule has 1 heteroatoms. The predicted octanol–water partition coefficient (Wildman–Crippen LogP) is 4.26. The monoisotopic (exact) mass is 227 g/mol. The molecule has 0 aliphatic carbocycles. The van der Waals surface area contributed by atoms with Crippen molar-refractivity contribution in [1.82, 2.24) is 0 Å². The number of fused-ring (bicyclic) bond motifs is 3. The minimum absolute atomic E-state index is 0. The van der Waals surface area contributed by atoms with Gasteiger partial charge in [-0.3, -0.25) is 0 Å². The zero-order valence-corrected chi connectivity index (χ0v) is 12.0. The Morgan fingerprint density at radius 2 is 1.47 bits per heavy atom. The summed E-state index contributed by atoms with van der Waals surface area (Å²) >= 11 is 0. The van der Waals surface area contributed by atoms with Crippen LogP contribution in [0.15, 0.2) is 61.2 Å². The summed E-state index contributed by atoms with van der Waals surface area (Å²) in [6.07, 6.45) is 1.91. The Morgan fingerprint density at radius 3 is 2.29 bits per heavy atom. The van der Waals surface area contributed by atoms with Crippen LogP contribution in [0.2, 0.25) is 0 Å². The first kappa shape index (κ1) is 12.4. The summed E-state index contributed by atoms with van der Waals surface area (Å²) in [6.45, 7) is 3.86. The molecule has 3 rings (SSSR count). The molecule has 17 heavy (non-hydrogen) atoms. The van der Waals surface area contributed by atoms with Gasteiger partial charge in [-0.05, 0) is 27.1 Å². The van der Waals surface area contributed by atoms with E-state index in [0.717, 1.165) is 0 Å². The molecule has 0 nitrogen and oxygen atoms in total. The molecule has 0 atom stereocenters. The summed E-state index contributed by atoms with van der Waals surface area (Å²) in [5.41, 5.74) is 1.20. The summed E-state index contributed by atoms with van der Waals surface area (Å²) in [5.74, 6) is 0. The summed E-state index contributed by atoms with van der Waals surface area (Å²) in [5, 5.41) is 5.17. The summed E-state index contributed by atoms with van der Waals surface area (Å²) in [6, 6.07) is 19.2. The quantitative estimate of drug-likeness (QED) is 0.430. The molecule has 3 aromatic carbocycles. The van der Waals surface area contributed by atoms with Gasteiger partial charge < -0.3 is 0 Å². The van der Waals surface area contributed by atoms with Crippen LogP contribution in [0.4, 0.5) is 0 Å². The fourth-order valence-corrected chi connectivity index (χ4v) is 2.24. The fourth-order valence-electron chi connectivity index (χ4n) is 2.24. The van der Waals surface area contributed by atoms with Gasteiger partial charge in [0, 0.05) is 29.6 Å². The molecule has 0 unspecified atom stereocenters. The van der Waals surface area contributed by atoms with Crippen LogP contribution in [0.5, 0.6) is 0 Å². The molecule has 0 amide bonds. The van der Waals surface area contributed by atoms with Crippen molar-refractivity contribution < 1.29 is 0 Å². The van der Waals surface area contributed by atoms with Crippen molar-refractivity contribution in [3.05, 3.63) is 66.7 Å². The van der Waals surface area contributed by atoms with Gasteiger partial charge in [0.15, 0.2) is 0 Å². The third-order valence-electron chi connectivity index (χ3n) is 3.04. The summed E-state index contributed by atoms with van der Waals surface area (Å²) < 4.78 is 0.